The Morgan fingerprint density at radius 1 is 1.32 bits per heavy atom. The number of rotatable bonds is 6. The molecule has 2 aliphatic heterocycles. The van der Waals surface area contributed by atoms with Crippen LogP contribution in [-0.4, -0.2) is 46.5 Å². The minimum absolute atomic E-state index is 0.0463. The number of hydrogen-bond donors (Lipinski definition) is 1. The fourth-order valence-electron chi connectivity index (χ4n) is 3.43. The minimum atomic E-state index is 0.0463. The van der Waals surface area contributed by atoms with Crippen LogP contribution >= 0.6 is 0 Å². The lowest BCUT2D eigenvalue weighted by atomic mass is 10.2. The van der Waals surface area contributed by atoms with Crippen molar-refractivity contribution in [3.8, 4) is 11.5 Å². The lowest BCUT2D eigenvalue weighted by molar-refractivity contribution is -0.122. The molecule has 0 radical (unpaired) electrons. The van der Waals surface area contributed by atoms with E-state index >= 15 is 0 Å². The van der Waals surface area contributed by atoms with Crippen LogP contribution in [0.3, 0.4) is 0 Å². The first kappa shape index (κ1) is 16.0. The molecule has 0 saturated carbocycles. The average molecular weight is 342 g/mol. The van der Waals surface area contributed by atoms with Gasteiger partial charge >= 0.3 is 0 Å². The molecule has 1 fully saturated rings. The van der Waals surface area contributed by atoms with Crippen molar-refractivity contribution in [2.24, 2.45) is 0 Å². The SMILES string of the molecule is O=C(CN1CCC[C@@H]1Cn1cccn1)NCc1ccc2c(c1)OCO2. The maximum Gasteiger partial charge on any atom is 0.234 e. The van der Waals surface area contributed by atoms with E-state index in [4.69, 9.17) is 9.47 Å². The Bertz CT molecular complexity index is 732. The van der Waals surface area contributed by atoms with Crippen molar-refractivity contribution >= 4 is 5.91 Å². The highest BCUT2D eigenvalue weighted by atomic mass is 16.7. The molecule has 3 heterocycles. The van der Waals surface area contributed by atoms with Gasteiger partial charge in [-0.25, -0.2) is 0 Å². The van der Waals surface area contributed by atoms with E-state index in [2.05, 4.69) is 15.3 Å². The van der Waals surface area contributed by atoms with Gasteiger partial charge in [0.05, 0.1) is 13.1 Å². The molecule has 2 aliphatic rings. The third-order valence-electron chi connectivity index (χ3n) is 4.73. The molecular weight excluding hydrogens is 320 g/mol. The number of fused-ring (bicyclic) bond motifs is 1. The highest BCUT2D eigenvalue weighted by Gasteiger charge is 2.26. The number of amides is 1. The normalized spacial score (nSPS) is 19.3. The van der Waals surface area contributed by atoms with E-state index in [1.807, 2.05) is 35.1 Å². The van der Waals surface area contributed by atoms with Gasteiger partial charge < -0.3 is 14.8 Å². The van der Waals surface area contributed by atoms with Crippen molar-refractivity contribution in [3.63, 3.8) is 0 Å². The van der Waals surface area contributed by atoms with Crippen molar-refractivity contribution in [2.75, 3.05) is 19.9 Å². The predicted molar refractivity (Wildman–Crippen MR) is 91.2 cm³/mol. The van der Waals surface area contributed by atoms with Gasteiger partial charge in [0.25, 0.3) is 0 Å². The van der Waals surface area contributed by atoms with Crippen LogP contribution in [0.5, 0.6) is 11.5 Å². The second-order valence-corrected chi connectivity index (χ2v) is 6.46. The zero-order valence-electron chi connectivity index (χ0n) is 14.1. The molecule has 2 aromatic rings. The summed E-state index contributed by atoms with van der Waals surface area (Å²) in [5, 5.41) is 7.26. The van der Waals surface area contributed by atoms with Gasteiger partial charge in [0.2, 0.25) is 12.7 Å². The summed E-state index contributed by atoms with van der Waals surface area (Å²) in [4.78, 5) is 14.6. The number of ether oxygens (including phenoxy) is 2. The largest absolute Gasteiger partial charge is 0.454 e. The number of carbonyl (C=O) groups excluding carboxylic acids is 1. The number of benzene rings is 1. The zero-order valence-corrected chi connectivity index (χ0v) is 14.1. The van der Waals surface area contributed by atoms with Crippen LogP contribution in [0.1, 0.15) is 18.4 Å². The summed E-state index contributed by atoms with van der Waals surface area (Å²) in [5.74, 6) is 1.55. The first-order valence-electron chi connectivity index (χ1n) is 8.64. The second kappa shape index (κ2) is 7.14. The Balaban J connectivity index is 1.28. The second-order valence-electron chi connectivity index (χ2n) is 6.46. The summed E-state index contributed by atoms with van der Waals surface area (Å²) < 4.78 is 12.6. The Labute approximate surface area is 146 Å². The molecule has 0 bridgehead atoms. The summed E-state index contributed by atoms with van der Waals surface area (Å²) in [6, 6.07) is 8.04. The first-order valence-corrected chi connectivity index (χ1v) is 8.64. The lowest BCUT2D eigenvalue weighted by Crippen LogP contribution is -2.41. The summed E-state index contributed by atoms with van der Waals surface area (Å²) >= 11 is 0. The maximum atomic E-state index is 12.3. The van der Waals surface area contributed by atoms with Crippen LogP contribution < -0.4 is 14.8 Å². The Hall–Kier alpha value is -2.54. The third kappa shape index (κ3) is 3.76. The summed E-state index contributed by atoms with van der Waals surface area (Å²) in [6.07, 6.45) is 5.99. The lowest BCUT2D eigenvalue weighted by Gasteiger charge is -2.23. The fraction of sp³-hybridized carbons (Fsp3) is 0.444. The molecule has 1 atom stereocenters. The molecule has 1 N–H and O–H groups in total. The third-order valence-corrected chi connectivity index (χ3v) is 4.73. The number of nitrogens with one attached hydrogen (secondary N) is 1. The molecular formula is C18H22N4O3. The van der Waals surface area contributed by atoms with Crippen LogP contribution in [0, 0.1) is 0 Å². The zero-order chi connectivity index (χ0) is 17.1. The highest BCUT2D eigenvalue weighted by Crippen LogP contribution is 2.32. The van der Waals surface area contributed by atoms with E-state index in [9.17, 15) is 4.79 Å². The van der Waals surface area contributed by atoms with Gasteiger partial charge in [-0.1, -0.05) is 6.07 Å². The van der Waals surface area contributed by atoms with Gasteiger partial charge in [-0.15, -0.1) is 0 Å². The van der Waals surface area contributed by atoms with Crippen molar-refractivity contribution < 1.29 is 14.3 Å². The number of carbonyl (C=O) groups is 1. The highest BCUT2D eigenvalue weighted by molar-refractivity contribution is 5.78. The van der Waals surface area contributed by atoms with Gasteiger partial charge in [-0.3, -0.25) is 14.4 Å². The summed E-state index contributed by atoms with van der Waals surface area (Å²) in [6.45, 7) is 2.98. The smallest absolute Gasteiger partial charge is 0.234 e. The van der Waals surface area contributed by atoms with E-state index in [-0.39, 0.29) is 12.7 Å². The van der Waals surface area contributed by atoms with Crippen molar-refractivity contribution in [1.29, 1.82) is 0 Å². The maximum absolute atomic E-state index is 12.3. The quantitative estimate of drug-likeness (QED) is 0.859. The molecule has 1 aromatic heterocycles. The molecule has 7 nitrogen and oxygen atoms in total. The van der Waals surface area contributed by atoms with Crippen LogP contribution in [0.15, 0.2) is 36.7 Å². The predicted octanol–water partition coefficient (Wildman–Crippen LogP) is 1.39. The standard InChI is InChI=1S/C18H22N4O3/c23-18(19-10-14-4-5-16-17(9-14)25-13-24-16)12-21-7-1-3-15(21)11-22-8-2-6-20-22/h2,4-6,8-9,15H,1,3,7,10-13H2,(H,19,23)/t15-/m1/s1. The van der Waals surface area contributed by atoms with Crippen molar-refractivity contribution in [3.05, 3.63) is 42.2 Å². The van der Waals surface area contributed by atoms with E-state index < -0.39 is 0 Å². The Morgan fingerprint density at radius 2 is 2.24 bits per heavy atom. The van der Waals surface area contributed by atoms with Gasteiger partial charge in [-0.05, 0) is 43.1 Å². The molecule has 1 saturated heterocycles. The number of nitrogens with zero attached hydrogens (tertiary/aromatic N) is 3. The number of hydrogen-bond acceptors (Lipinski definition) is 5. The monoisotopic (exact) mass is 342 g/mol. The van der Waals surface area contributed by atoms with E-state index in [0.29, 0.717) is 19.1 Å². The van der Waals surface area contributed by atoms with Gasteiger partial charge in [0.1, 0.15) is 0 Å². The van der Waals surface area contributed by atoms with E-state index in [1.165, 1.54) is 0 Å². The molecule has 25 heavy (non-hydrogen) atoms. The summed E-state index contributed by atoms with van der Waals surface area (Å²) in [7, 11) is 0. The molecule has 0 aliphatic carbocycles. The van der Waals surface area contributed by atoms with Crippen LogP contribution in [0.2, 0.25) is 0 Å². The summed E-state index contributed by atoms with van der Waals surface area (Å²) in [5.41, 5.74) is 1.01. The first-order chi connectivity index (χ1) is 12.3. The number of likely N-dealkylation sites (tertiary alicyclic amines) is 1. The molecule has 0 spiro atoms. The fourth-order valence-corrected chi connectivity index (χ4v) is 3.43. The molecule has 132 valence electrons. The van der Waals surface area contributed by atoms with Crippen LogP contribution in [-0.2, 0) is 17.9 Å². The molecule has 1 aromatic carbocycles. The van der Waals surface area contributed by atoms with E-state index in [1.54, 1.807) is 6.20 Å². The molecule has 0 unspecified atom stereocenters. The Morgan fingerprint density at radius 3 is 3.12 bits per heavy atom. The van der Waals surface area contributed by atoms with Crippen LogP contribution in [0.4, 0.5) is 0 Å². The molecule has 1 amide bonds. The van der Waals surface area contributed by atoms with Crippen LogP contribution in [0.25, 0.3) is 0 Å². The average Bonchev–Trinajstić information content (AvgIpc) is 3.35. The van der Waals surface area contributed by atoms with Gasteiger partial charge in [0.15, 0.2) is 11.5 Å². The van der Waals surface area contributed by atoms with Crippen molar-refractivity contribution in [1.82, 2.24) is 20.0 Å². The molecule has 4 rings (SSSR count). The van der Waals surface area contributed by atoms with Gasteiger partial charge in [-0.2, -0.15) is 5.10 Å². The van der Waals surface area contributed by atoms with Crippen molar-refractivity contribution in [2.45, 2.75) is 32.0 Å². The Kier molecular flexibility index (Phi) is 4.56. The number of aromatic nitrogens is 2. The molecule has 7 heteroatoms. The van der Waals surface area contributed by atoms with E-state index in [0.717, 1.165) is 43.0 Å². The topological polar surface area (TPSA) is 68.6 Å². The minimum Gasteiger partial charge on any atom is -0.454 e. The van der Waals surface area contributed by atoms with Gasteiger partial charge in [0, 0.05) is 25.0 Å².